The van der Waals surface area contributed by atoms with Crippen molar-refractivity contribution in [3.8, 4) is 0 Å². The summed E-state index contributed by atoms with van der Waals surface area (Å²) in [7, 11) is -3.66. The fraction of sp³-hybridized carbons (Fsp3) is 0.692. The molecule has 1 aliphatic rings. The van der Waals surface area contributed by atoms with Gasteiger partial charge in [0.2, 0.25) is 10.0 Å². The fourth-order valence-electron chi connectivity index (χ4n) is 2.11. The van der Waals surface area contributed by atoms with E-state index in [-0.39, 0.29) is 5.69 Å². The molecule has 2 heterocycles. The Bertz CT molecular complexity index is 589. The van der Waals surface area contributed by atoms with Gasteiger partial charge in [-0.25, -0.2) is 18.1 Å². The van der Waals surface area contributed by atoms with Crippen molar-refractivity contribution < 1.29 is 17.9 Å². The van der Waals surface area contributed by atoms with Gasteiger partial charge >= 0.3 is 0 Å². The highest BCUT2D eigenvalue weighted by molar-refractivity contribution is 7.90. The second kappa shape index (κ2) is 6.85. The molecule has 0 radical (unpaired) electrons. The molecule has 0 bridgehead atoms. The summed E-state index contributed by atoms with van der Waals surface area (Å²) in [5, 5.41) is 1.88. The van der Waals surface area contributed by atoms with Crippen LogP contribution in [0.25, 0.3) is 0 Å². The molecule has 1 N–H and O–H groups in total. The van der Waals surface area contributed by atoms with Crippen molar-refractivity contribution in [3.05, 3.63) is 16.1 Å². The number of carbonyl (C=O) groups is 1. The van der Waals surface area contributed by atoms with E-state index in [0.29, 0.717) is 32.0 Å². The molecule has 21 heavy (non-hydrogen) atoms. The molecular formula is C13H20N2O4S2. The maximum Gasteiger partial charge on any atom is 0.284 e. The number of rotatable bonds is 5. The molecule has 1 aliphatic heterocycles. The van der Waals surface area contributed by atoms with Crippen LogP contribution in [0, 0.1) is 5.92 Å². The number of aromatic nitrogens is 1. The molecule has 2 rings (SSSR count). The first-order valence-electron chi connectivity index (χ1n) is 6.96. The van der Waals surface area contributed by atoms with Crippen LogP contribution >= 0.6 is 11.3 Å². The van der Waals surface area contributed by atoms with Gasteiger partial charge in [0, 0.05) is 25.0 Å². The molecule has 8 heteroatoms. The van der Waals surface area contributed by atoms with Gasteiger partial charge in [0.15, 0.2) is 0 Å². The molecule has 0 unspecified atom stereocenters. The Hall–Kier alpha value is -0.990. The van der Waals surface area contributed by atoms with E-state index in [0.717, 1.165) is 11.4 Å². The molecule has 0 aromatic carbocycles. The van der Waals surface area contributed by atoms with Gasteiger partial charge in [-0.1, -0.05) is 13.8 Å². The zero-order chi connectivity index (χ0) is 15.5. The van der Waals surface area contributed by atoms with E-state index in [1.54, 1.807) is 5.38 Å². The van der Waals surface area contributed by atoms with Crippen LogP contribution in [-0.4, -0.2) is 37.8 Å². The highest BCUT2D eigenvalue weighted by atomic mass is 32.2. The van der Waals surface area contributed by atoms with E-state index < -0.39 is 21.2 Å². The van der Waals surface area contributed by atoms with Gasteiger partial charge in [-0.3, -0.25) is 4.79 Å². The van der Waals surface area contributed by atoms with E-state index in [9.17, 15) is 13.2 Å². The van der Waals surface area contributed by atoms with Crippen molar-refractivity contribution in [3.63, 3.8) is 0 Å². The number of nitrogens with zero attached hydrogens (tertiary/aromatic N) is 1. The van der Waals surface area contributed by atoms with Crippen LogP contribution < -0.4 is 4.72 Å². The van der Waals surface area contributed by atoms with Crippen molar-refractivity contribution in [1.82, 2.24) is 9.71 Å². The van der Waals surface area contributed by atoms with E-state index in [2.05, 4.69) is 23.6 Å². The molecular weight excluding hydrogens is 312 g/mol. The number of nitrogens with one attached hydrogen (secondary N) is 1. The highest BCUT2D eigenvalue weighted by Crippen LogP contribution is 2.17. The minimum atomic E-state index is -3.66. The average molecular weight is 332 g/mol. The summed E-state index contributed by atoms with van der Waals surface area (Å²) < 4.78 is 31.6. The monoisotopic (exact) mass is 332 g/mol. The van der Waals surface area contributed by atoms with Gasteiger partial charge in [-0.15, -0.1) is 11.3 Å². The molecule has 0 aliphatic carbocycles. The lowest BCUT2D eigenvalue weighted by atomic mass is 10.1. The number of ether oxygens (including phenoxy) is 1. The zero-order valence-corrected chi connectivity index (χ0v) is 13.8. The predicted octanol–water partition coefficient (Wildman–Crippen LogP) is 1.58. The maximum atomic E-state index is 12.1. The SMILES string of the molecule is CC(C)Cc1nc(C(=O)NS(=O)(=O)C2CCOCC2)cs1. The fourth-order valence-corrected chi connectivity index (χ4v) is 4.44. The third-order valence-electron chi connectivity index (χ3n) is 3.21. The van der Waals surface area contributed by atoms with Gasteiger partial charge in [-0.05, 0) is 18.8 Å². The summed E-state index contributed by atoms with van der Waals surface area (Å²) in [6.45, 7) is 4.96. The molecule has 0 spiro atoms. The van der Waals surface area contributed by atoms with Gasteiger partial charge < -0.3 is 4.74 Å². The van der Waals surface area contributed by atoms with Gasteiger partial charge in [0.05, 0.1) is 10.3 Å². The van der Waals surface area contributed by atoms with Gasteiger partial charge in [0.1, 0.15) is 5.69 Å². The first-order valence-corrected chi connectivity index (χ1v) is 9.39. The molecule has 1 aromatic rings. The van der Waals surface area contributed by atoms with E-state index in [1.807, 2.05) is 0 Å². The third-order valence-corrected chi connectivity index (χ3v) is 5.90. The van der Waals surface area contributed by atoms with Crippen molar-refractivity contribution in [1.29, 1.82) is 0 Å². The van der Waals surface area contributed by atoms with E-state index in [1.165, 1.54) is 11.3 Å². The Morgan fingerprint density at radius 3 is 2.76 bits per heavy atom. The molecule has 6 nitrogen and oxygen atoms in total. The second-order valence-corrected chi connectivity index (χ2v) is 8.42. The molecule has 0 saturated carbocycles. The van der Waals surface area contributed by atoms with Crippen LogP contribution in [0.1, 0.15) is 42.2 Å². The summed E-state index contributed by atoms with van der Waals surface area (Å²) in [6.07, 6.45) is 1.61. The summed E-state index contributed by atoms with van der Waals surface area (Å²) in [5.74, 6) is -0.203. The van der Waals surface area contributed by atoms with Gasteiger partial charge in [-0.2, -0.15) is 0 Å². The largest absolute Gasteiger partial charge is 0.381 e. The minimum Gasteiger partial charge on any atom is -0.381 e. The summed E-state index contributed by atoms with van der Waals surface area (Å²) in [6, 6.07) is 0. The molecule has 0 atom stereocenters. The first-order chi connectivity index (χ1) is 9.88. The van der Waals surface area contributed by atoms with Crippen molar-refractivity contribution >= 4 is 27.3 Å². The standard InChI is InChI=1S/C13H20N2O4S2/c1-9(2)7-12-14-11(8-20-12)13(16)15-21(17,18)10-3-5-19-6-4-10/h8-10H,3-7H2,1-2H3,(H,15,16). The minimum absolute atomic E-state index is 0.172. The van der Waals surface area contributed by atoms with Crippen LogP contribution in [0.5, 0.6) is 0 Å². The average Bonchev–Trinajstić information content (AvgIpc) is 2.87. The number of amides is 1. The first kappa shape index (κ1) is 16.4. The Balaban J connectivity index is 2.01. The quantitative estimate of drug-likeness (QED) is 0.885. The van der Waals surface area contributed by atoms with Crippen LogP contribution in [-0.2, 0) is 21.2 Å². The van der Waals surface area contributed by atoms with Crippen molar-refractivity contribution in [2.75, 3.05) is 13.2 Å². The second-order valence-electron chi connectivity index (χ2n) is 5.51. The Morgan fingerprint density at radius 1 is 1.48 bits per heavy atom. The third kappa shape index (κ3) is 4.49. The number of carbonyl (C=O) groups excluding carboxylic acids is 1. The smallest absolute Gasteiger partial charge is 0.284 e. The maximum absolute atomic E-state index is 12.1. The van der Waals surface area contributed by atoms with E-state index >= 15 is 0 Å². The summed E-state index contributed by atoms with van der Waals surface area (Å²) in [4.78, 5) is 16.2. The Labute approximate surface area is 129 Å². The van der Waals surface area contributed by atoms with Crippen LogP contribution in [0.3, 0.4) is 0 Å². The molecule has 1 saturated heterocycles. The summed E-state index contributed by atoms with van der Waals surface area (Å²) in [5.41, 5.74) is 0.172. The lowest BCUT2D eigenvalue weighted by molar-refractivity contribution is 0.0948. The number of thiazole rings is 1. The van der Waals surface area contributed by atoms with Crippen LogP contribution in [0.2, 0.25) is 0 Å². The molecule has 1 amide bonds. The lowest BCUT2D eigenvalue weighted by Gasteiger charge is -2.21. The Kier molecular flexibility index (Phi) is 5.34. The normalized spacial score (nSPS) is 17.1. The van der Waals surface area contributed by atoms with Gasteiger partial charge in [0.25, 0.3) is 5.91 Å². The van der Waals surface area contributed by atoms with E-state index in [4.69, 9.17) is 4.74 Å². The number of hydrogen-bond donors (Lipinski definition) is 1. The molecule has 1 aromatic heterocycles. The summed E-state index contributed by atoms with van der Waals surface area (Å²) >= 11 is 1.38. The predicted molar refractivity (Wildman–Crippen MR) is 80.9 cm³/mol. The number of sulfonamides is 1. The Morgan fingerprint density at radius 2 is 2.14 bits per heavy atom. The highest BCUT2D eigenvalue weighted by Gasteiger charge is 2.30. The van der Waals surface area contributed by atoms with Crippen LogP contribution in [0.4, 0.5) is 0 Å². The number of hydrogen-bond acceptors (Lipinski definition) is 6. The topological polar surface area (TPSA) is 85.4 Å². The molecule has 1 fully saturated rings. The lowest BCUT2D eigenvalue weighted by Crippen LogP contribution is -2.41. The molecule has 118 valence electrons. The van der Waals surface area contributed by atoms with Crippen molar-refractivity contribution in [2.24, 2.45) is 5.92 Å². The van der Waals surface area contributed by atoms with Crippen LogP contribution in [0.15, 0.2) is 5.38 Å². The zero-order valence-electron chi connectivity index (χ0n) is 12.2. The van der Waals surface area contributed by atoms with Crippen molar-refractivity contribution in [2.45, 2.75) is 38.4 Å².